The summed E-state index contributed by atoms with van der Waals surface area (Å²) in [4.78, 5) is 31.9. The average molecular weight is 437 g/mol. The fraction of sp³-hybridized carbons (Fsp3) is 0.217. The third-order valence-electron chi connectivity index (χ3n) is 5.02. The maximum Gasteiger partial charge on any atom is 0.259 e. The Morgan fingerprint density at radius 3 is 2.74 bits per heavy atom. The number of hydrogen-bond donors (Lipinski definition) is 2. The number of nitrogens with one attached hydrogen (secondary N) is 2. The molecule has 4 aromatic rings. The monoisotopic (exact) mass is 436 g/mol. The Balaban J connectivity index is 1.41. The first-order valence-corrected chi connectivity index (χ1v) is 10.3. The second-order valence-corrected chi connectivity index (χ2v) is 7.89. The number of nitrogens with zero attached hydrogens (tertiary/aromatic N) is 2. The van der Waals surface area contributed by atoms with Crippen molar-refractivity contribution >= 4 is 28.4 Å². The Morgan fingerprint density at radius 1 is 1.19 bits per heavy atom. The van der Waals surface area contributed by atoms with Crippen molar-refractivity contribution in [2.45, 2.75) is 32.7 Å². The van der Waals surface area contributed by atoms with Crippen LogP contribution in [-0.2, 0) is 11.2 Å². The van der Waals surface area contributed by atoms with Crippen molar-refractivity contribution < 1.29 is 9.32 Å². The van der Waals surface area contributed by atoms with Crippen molar-refractivity contribution in [3.8, 4) is 11.4 Å². The number of amides is 1. The molecule has 1 atom stereocenters. The molecule has 2 N–H and O–H groups in total. The van der Waals surface area contributed by atoms with Gasteiger partial charge in [0.15, 0.2) is 0 Å². The Hall–Kier alpha value is -3.45. The summed E-state index contributed by atoms with van der Waals surface area (Å²) in [6, 6.07) is 14.7. The molecule has 0 fully saturated rings. The lowest BCUT2D eigenvalue weighted by Crippen LogP contribution is -2.26. The van der Waals surface area contributed by atoms with Crippen LogP contribution in [0.1, 0.15) is 36.4 Å². The number of hydrogen-bond acceptors (Lipinski definition) is 5. The molecular formula is C23H21ClN4O3. The summed E-state index contributed by atoms with van der Waals surface area (Å²) in [5.74, 6) is 0.363. The normalized spacial score (nSPS) is 12.1. The van der Waals surface area contributed by atoms with E-state index in [-0.39, 0.29) is 36.2 Å². The fourth-order valence-corrected chi connectivity index (χ4v) is 3.44. The maximum atomic E-state index is 12.4. The number of fused-ring (bicyclic) bond motifs is 1. The highest BCUT2D eigenvalue weighted by molar-refractivity contribution is 6.30. The molecule has 7 nitrogen and oxygen atoms in total. The minimum absolute atomic E-state index is 0.138. The van der Waals surface area contributed by atoms with E-state index in [4.69, 9.17) is 16.1 Å². The lowest BCUT2D eigenvalue weighted by Gasteiger charge is -2.14. The van der Waals surface area contributed by atoms with Crippen LogP contribution >= 0.6 is 11.6 Å². The highest BCUT2D eigenvalue weighted by Crippen LogP contribution is 2.19. The zero-order chi connectivity index (χ0) is 22.0. The molecule has 0 spiro atoms. The van der Waals surface area contributed by atoms with Gasteiger partial charge in [0, 0.05) is 23.4 Å². The summed E-state index contributed by atoms with van der Waals surface area (Å²) in [7, 11) is 0. The van der Waals surface area contributed by atoms with Gasteiger partial charge in [0.25, 0.3) is 5.56 Å². The summed E-state index contributed by atoms with van der Waals surface area (Å²) >= 11 is 5.90. The van der Waals surface area contributed by atoms with Crippen molar-refractivity contribution in [3.05, 3.63) is 80.9 Å². The molecule has 31 heavy (non-hydrogen) atoms. The second kappa shape index (κ2) is 8.73. The second-order valence-electron chi connectivity index (χ2n) is 7.46. The first-order chi connectivity index (χ1) is 14.9. The summed E-state index contributed by atoms with van der Waals surface area (Å²) < 4.78 is 5.25. The summed E-state index contributed by atoms with van der Waals surface area (Å²) in [5, 5.41) is 8.37. The largest absolute Gasteiger partial charge is 0.350 e. The molecule has 0 unspecified atom stereocenters. The van der Waals surface area contributed by atoms with Gasteiger partial charge in [-0.1, -0.05) is 41.0 Å². The number of benzene rings is 2. The van der Waals surface area contributed by atoms with E-state index in [0.717, 1.165) is 22.0 Å². The number of H-pyrrole nitrogens is 1. The summed E-state index contributed by atoms with van der Waals surface area (Å²) in [5.41, 5.74) is 2.81. The minimum atomic E-state index is -0.292. The number of pyridine rings is 1. The Labute approximate surface area is 183 Å². The van der Waals surface area contributed by atoms with E-state index in [1.807, 2.05) is 44.2 Å². The molecule has 2 aromatic carbocycles. The van der Waals surface area contributed by atoms with Gasteiger partial charge in [-0.15, -0.1) is 0 Å². The standard InChI is InChI=1S/C23H21ClN4O3/c1-13-3-4-16-12-18(23(30)26-19(16)11-13)22-27-21(31-28-22)10-9-20(29)25-14(2)15-5-7-17(24)8-6-15/h3-8,11-12,14H,9-10H2,1-2H3,(H,25,29)(H,26,30)/t14-/m0/s1. The van der Waals surface area contributed by atoms with E-state index in [1.165, 1.54) is 0 Å². The van der Waals surface area contributed by atoms with Gasteiger partial charge in [-0.3, -0.25) is 9.59 Å². The first kappa shape index (κ1) is 20.8. The molecule has 0 aliphatic carbocycles. The highest BCUT2D eigenvalue weighted by Gasteiger charge is 2.15. The molecule has 0 aliphatic heterocycles. The van der Waals surface area contributed by atoms with Gasteiger partial charge in [0.2, 0.25) is 17.6 Å². The predicted octanol–water partition coefficient (Wildman–Crippen LogP) is 4.35. The molecular weight excluding hydrogens is 416 g/mol. The average Bonchev–Trinajstić information content (AvgIpc) is 3.21. The van der Waals surface area contributed by atoms with Gasteiger partial charge in [0.05, 0.1) is 11.6 Å². The van der Waals surface area contributed by atoms with Gasteiger partial charge in [0.1, 0.15) is 0 Å². The van der Waals surface area contributed by atoms with Crippen LogP contribution in [0.4, 0.5) is 0 Å². The number of carbonyl (C=O) groups is 1. The number of carbonyl (C=O) groups excluding carboxylic acids is 1. The topological polar surface area (TPSA) is 101 Å². The Morgan fingerprint density at radius 2 is 1.97 bits per heavy atom. The highest BCUT2D eigenvalue weighted by atomic mass is 35.5. The predicted molar refractivity (Wildman–Crippen MR) is 119 cm³/mol. The molecule has 158 valence electrons. The van der Waals surface area contributed by atoms with Crippen LogP contribution in [0, 0.1) is 6.92 Å². The zero-order valence-electron chi connectivity index (χ0n) is 17.1. The van der Waals surface area contributed by atoms with Crippen LogP contribution in [0.2, 0.25) is 5.02 Å². The van der Waals surface area contributed by atoms with E-state index >= 15 is 0 Å². The van der Waals surface area contributed by atoms with Crippen molar-refractivity contribution in [3.63, 3.8) is 0 Å². The SMILES string of the molecule is Cc1ccc2cc(-c3noc(CCC(=O)N[C@@H](C)c4ccc(Cl)cc4)n3)c(=O)[nH]c2c1. The van der Waals surface area contributed by atoms with Crippen LogP contribution in [0.25, 0.3) is 22.3 Å². The molecule has 4 rings (SSSR count). The lowest BCUT2D eigenvalue weighted by molar-refractivity contribution is -0.121. The van der Waals surface area contributed by atoms with Crippen molar-refractivity contribution in [1.29, 1.82) is 0 Å². The minimum Gasteiger partial charge on any atom is -0.350 e. The van der Waals surface area contributed by atoms with E-state index < -0.39 is 0 Å². The van der Waals surface area contributed by atoms with E-state index in [1.54, 1.807) is 18.2 Å². The van der Waals surface area contributed by atoms with Crippen LogP contribution in [0.5, 0.6) is 0 Å². The lowest BCUT2D eigenvalue weighted by atomic mass is 10.1. The quantitative estimate of drug-likeness (QED) is 0.468. The van der Waals surface area contributed by atoms with Crippen molar-refractivity contribution in [1.82, 2.24) is 20.4 Å². The molecule has 2 aromatic heterocycles. The maximum absolute atomic E-state index is 12.4. The van der Waals surface area contributed by atoms with Crippen LogP contribution in [-0.4, -0.2) is 21.0 Å². The van der Waals surface area contributed by atoms with E-state index in [2.05, 4.69) is 20.4 Å². The van der Waals surface area contributed by atoms with Gasteiger partial charge in [-0.25, -0.2) is 0 Å². The fourth-order valence-electron chi connectivity index (χ4n) is 3.32. The van der Waals surface area contributed by atoms with Crippen molar-refractivity contribution in [2.24, 2.45) is 0 Å². The van der Waals surface area contributed by atoms with Gasteiger partial charge >= 0.3 is 0 Å². The third-order valence-corrected chi connectivity index (χ3v) is 5.28. The molecule has 0 saturated carbocycles. The molecule has 2 heterocycles. The summed E-state index contributed by atoms with van der Waals surface area (Å²) in [6.45, 7) is 3.86. The third kappa shape index (κ3) is 4.83. The van der Waals surface area contributed by atoms with Gasteiger partial charge < -0.3 is 14.8 Å². The van der Waals surface area contributed by atoms with Crippen LogP contribution in [0.15, 0.2) is 57.8 Å². The number of aromatic nitrogens is 3. The number of aryl methyl sites for hydroxylation is 2. The van der Waals surface area contributed by atoms with E-state index in [9.17, 15) is 9.59 Å². The molecule has 8 heteroatoms. The number of rotatable bonds is 6. The van der Waals surface area contributed by atoms with Crippen molar-refractivity contribution in [2.75, 3.05) is 0 Å². The molecule has 1 amide bonds. The van der Waals surface area contributed by atoms with Crippen LogP contribution in [0.3, 0.4) is 0 Å². The van der Waals surface area contributed by atoms with E-state index in [0.29, 0.717) is 16.5 Å². The number of halogens is 1. The molecule has 0 saturated heterocycles. The summed E-state index contributed by atoms with van der Waals surface area (Å²) in [6.07, 6.45) is 0.462. The number of aromatic amines is 1. The Kier molecular flexibility index (Phi) is 5.86. The van der Waals surface area contributed by atoms with Gasteiger partial charge in [-0.2, -0.15) is 4.98 Å². The zero-order valence-corrected chi connectivity index (χ0v) is 17.9. The smallest absolute Gasteiger partial charge is 0.259 e. The molecule has 0 radical (unpaired) electrons. The van der Waals surface area contributed by atoms with Crippen LogP contribution < -0.4 is 10.9 Å². The first-order valence-electron chi connectivity index (χ1n) is 9.90. The van der Waals surface area contributed by atoms with Gasteiger partial charge in [-0.05, 0) is 54.6 Å². The molecule has 0 bridgehead atoms. The Bertz CT molecular complexity index is 1290. The molecule has 0 aliphatic rings.